The number of benzene rings is 1. The molecule has 1 unspecified atom stereocenters. The lowest BCUT2D eigenvalue weighted by atomic mass is 10.1. The van der Waals surface area contributed by atoms with Crippen molar-refractivity contribution < 1.29 is 9.50 Å². The fraction of sp³-hybridized carbons (Fsp3) is 0.500. The predicted octanol–water partition coefficient (Wildman–Crippen LogP) is 2.40. The van der Waals surface area contributed by atoms with Gasteiger partial charge in [0.15, 0.2) is 0 Å². The third kappa shape index (κ3) is 2.62. The predicted molar refractivity (Wildman–Crippen MR) is 64.6 cm³/mol. The van der Waals surface area contributed by atoms with Gasteiger partial charge in [-0.3, -0.25) is 4.90 Å². The first-order chi connectivity index (χ1) is 7.70. The summed E-state index contributed by atoms with van der Waals surface area (Å²) in [6, 6.07) is 5.11. The molecule has 1 fully saturated rings. The van der Waals surface area contributed by atoms with Crippen LogP contribution in [0.1, 0.15) is 12.0 Å². The molecular formula is C12H15BrFNO. The van der Waals surface area contributed by atoms with E-state index in [-0.39, 0.29) is 12.4 Å². The highest BCUT2D eigenvalue weighted by molar-refractivity contribution is 9.10. The SMILES string of the molecule is OCC1CCN(Cc2cccc(F)c2Br)C1. The third-order valence-corrected chi connectivity index (χ3v) is 3.94. The Morgan fingerprint density at radius 3 is 3.00 bits per heavy atom. The van der Waals surface area contributed by atoms with Crippen molar-refractivity contribution in [2.45, 2.75) is 13.0 Å². The molecule has 0 radical (unpaired) electrons. The summed E-state index contributed by atoms with van der Waals surface area (Å²) in [7, 11) is 0. The lowest BCUT2D eigenvalue weighted by Gasteiger charge is -2.16. The monoisotopic (exact) mass is 287 g/mol. The van der Waals surface area contributed by atoms with Crippen LogP contribution in [-0.4, -0.2) is 29.7 Å². The van der Waals surface area contributed by atoms with E-state index in [1.54, 1.807) is 6.07 Å². The van der Waals surface area contributed by atoms with Crippen LogP contribution in [0.15, 0.2) is 22.7 Å². The smallest absolute Gasteiger partial charge is 0.137 e. The van der Waals surface area contributed by atoms with Crippen molar-refractivity contribution >= 4 is 15.9 Å². The van der Waals surface area contributed by atoms with Crippen molar-refractivity contribution in [1.29, 1.82) is 0 Å². The lowest BCUT2D eigenvalue weighted by molar-refractivity contribution is 0.220. The second kappa shape index (κ2) is 5.25. The summed E-state index contributed by atoms with van der Waals surface area (Å²) in [5.41, 5.74) is 0.971. The van der Waals surface area contributed by atoms with Gasteiger partial charge in [0.25, 0.3) is 0 Å². The van der Waals surface area contributed by atoms with E-state index in [4.69, 9.17) is 5.11 Å². The first-order valence-electron chi connectivity index (χ1n) is 5.47. The van der Waals surface area contributed by atoms with Gasteiger partial charge in [-0.15, -0.1) is 0 Å². The van der Waals surface area contributed by atoms with Gasteiger partial charge >= 0.3 is 0 Å². The molecule has 1 heterocycles. The first kappa shape index (κ1) is 12.0. The zero-order chi connectivity index (χ0) is 11.5. The number of nitrogens with zero attached hydrogens (tertiary/aromatic N) is 1. The molecule has 1 aliphatic heterocycles. The van der Waals surface area contributed by atoms with Crippen molar-refractivity contribution in [3.05, 3.63) is 34.1 Å². The van der Waals surface area contributed by atoms with Gasteiger partial charge in [0.05, 0.1) is 4.47 Å². The van der Waals surface area contributed by atoms with Crippen molar-refractivity contribution in [2.24, 2.45) is 5.92 Å². The van der Waals surface area contributed by atoms with Gasteiger partial charge in [0.2, 0.25) is 0 Å². The number of likely N-dealkylation sites (tertiary alicyclic amines) is 1. The molecule has 0 aromatic heterocycles. The molecule has 1 atom stereocenters. The molecule has 0 spiro atoms. The van der Waals surface area contributed by atoms with E-state index in [9.17, 15) is 4.39 Å². The number of hydrogen-bond acceptors (Lipinski definition) is 2. The molecule has 0 bridgehead atoms. The Balaban J connectivity index is 2.02. The Bertz CT molecular complexity index is 372. The highest BCUT2D eigenvalue weighted by Gasteiger charge is 2.22. The highest BCUT2D eigenvalue weighted by atomic mass is 79.9. The average molecular weight is 288 g/mol. The standard InChI is InChI=1S/C12H15BrFNO/c13-12-10(2-1-3-11(12)14)7-15-5-4-9(6-15)8-16/h1-3,9,16H,4-8H2. The maximum absolute atomic E-state index is 13.3. The van der Waals surface area contributed by atoms with Gasteiger partial charge in [-0.2, -0.15) is 0 Å². The van der Waals surface area contributed by atoms with Gasteiger partial charge in [-0.1, -0.05) is 12.1 Å². The van der Waals surface area contributed by atoms with E-state index in [1.807, 2.05) is 6.07 Å². The fourth-order valence-corrected chi connectivity index (χ4v) is 2.51. The minimum Gasteiger partial charge on any atom is -0.396 e. The molecule has 1 aliphatic rings. The Morgan fingerprint density at radius 1 is 1.50 bits per heavy atom. The van der Waals surface area contributed by atoms with Crippen LogP contribution in [0.25, 0.3) is 0 Å². The molecule has 1 saturated heterocycles. The summed E-state index contributed by atoms with van der Waals surface area (Å²) in [6.45, 7) is 2.88. The molecular weight excluding hydrogens is 273 g/mol. The van der Waals surface area contributed by atoms with Gasteiger partial charge in [0, 0.05) is 19.7 Å². The number of halogens is 2. The van der Waals surface area contributed by atoms with Gasteiger partial charge in [0.1, 0.15) is 5.82 Å². The van der Waals surface area contributed by atoms with E-state index in [0.717, 1.165) is 31.6 Å². The topological polar surface area (TPSA) is 23.5 Å². The van der Waals surface area contributed by atoms with E-state index < -0.39 is 0 Å². The molecule has 1 N–H and O–H groups in total. The van der Waals surface area contributed by atoms with Gasteiger partial charge in [-0.05, 0) is 46.4 Å². The molecule has 88 valence electrons. The molecule has 2 rings (SSSR count). The number of aliphatic hydroxyl groups is 1. The average Bonchev–Trinajstić information content (AvgIpc) is 2.73. The first-order valence-corrected chi connectivity index (χ1v) is 6.26. The van der Waals surface area contributed by atoms with Crippen LogP contribution in [0.4, 0.5) is 4.39 Å². The summed E-state index contributed by atoms with van der Waals surface area (Å²) >= 11 is 3.27. The molecule has 1 aromatic carbocycles. The maximum Gasteiger partial charge on any atom is 0.137 e. The largest absolute Gasteiger partial charge is 0.396 e. The molecule has 16 heavy (non-hydrogen) atoms. The zero-order valence-corrected chi connectivity index (χ0v) is 10.6. The van der Waals surface area contributed by atoms with Crippen LogP contribution in [0.2, 0.25) is 0 Å². The number of aliphatic hydroxyl groups excluding tert-OH is 1. The van der Waals surface area contributed by atoms with Crippen molar-refractivity contribution in [1.82, 2.24) is 4.90 Å². The van der Waals surface area contributed by atoms with Crippen LogP contribution in [-0.2, 0) is 6.54 Å². The van der Waals surface area contributed by atoms with E-state index in [2.05, 4.69) is 20.8 Å². The number of hydrogen-bond donors (Lipinski definition) is 1. The second-order valence-corrected chi connectivity index (χ2v) is 5.08. The number of rotatable bonds is 3. The Morgan fingerprint density at radius 2 is 2.31 bits per heavy atom. The maximum atomic E-state index is 13.3. The summed E-state index contributed by atoms with van der Waals surface area (Å²) < 4.78 is 13.8. The molecule has 0 aliphatic carbocycles. The van der Waals surface area contributed by atoms with Crippen LogP contribution < -0.4 is 0 Å². The molecule has 0 saturated carbocycles. The quantitative estimate of drug-likeness (QED) is 0.923. The summed E-state index contributed by atoms with van der Waals surface area (Å²) in [4.78, 5) is 2.25. The van der Waals surface area contributed by atoms with E-state index >= 15 is 0 Å². The van der Waals surface area contributed by atoms with Crippen LogP contribution in [0.5, 0.6) is 0 Å². The third-order valence-electron chi connectivity index (χ3n) is 3.05. The Kier molecular flexibility index (Phi) is 3.95. The molecule has 1 aromatic rings. The Labute approximate surface area is 103 Å². The van der Waals surface area contributed by atoms with Crippen LogP contribution in [0, 0.1) is 11.7 Å². The highest BCUT2D eigenvalue weighted by Crippen LogP contribution is 2.24. The molecule has 4 heteroatoms. The van der Waals surface area contributed by atoms with E-state index in [0.29, 0.717) is 10.4 Å². The minimum absolute atomic E-state index is 0.213. The van der Waals surface area contributed by atoms with Gasteiger partial charge in [-0.25, -0.2) is 4.39 Å². The van der Waals surface area contributed by atoms with Crippen molar-refractivity contribution in [3.8, 4) is 0 Å². The summed E-state index contributed by atoms with van der Waals surface area (Å²) in [6.07, 6.45) is 1.03. The minimum atomic E-state index is -0.213. The van der Waals surface area contributed by atoms with Crippen LogP contribution in [0.3, 0.4) is 0 Å². The van der Waals surface area contributed by atoms with E-state index in [1.165, 1.54) is 6.07 Å². The summed E-state index contributed by atoms with van der Waals surface area (Å²) in [5.74, 6) is 0.169. The zero-order valence-electron chi connectivity index (χ0n) is 9.00. The molecule has 2 nitrogen and oxygen atoms in total. The second-order valence-electron chi connectivity index (χ2n) is 4.29. The fourth-order valence-electron chi connectivity index (χ4n) is 2.12. The lowest BCUT2D eigenvalue weighted by Crippen LogP contribution is -2.21. The van der Waals surface area contributed by atoms with Crippen molar-refractivity contribution in [3.63, 3.8) is 0 Å². The van der Waals surface area contributed by atoms with Crippen LogP contribution >= 0.6 is 15.9 Å². The van der Waals surface area contributed by atoms with Crippen molar-refractivity contribution in [2.75, 3.05) is 19.7 Å². The Hall–Kier alpha value is -0.450. The normalized spacial score (nSPS) is 21.6. The molecule has 0 amide bonds. The van der Waals surface area contributed by atoms with Gasteiger partial charge < -0.3 is 5.11 Å². The summed E-state index contributed by atoms with van der Waals surface area (Å²) in [5, 5.41) is 9.05.